The molecule has 162 valence electrons. The highest BCUT2D eigenvalue weighted by atomic mass is 19.1. The van der Waals surface area contributed by atoms with Gasteiger partial charge in [-0.15, -0.1) is 0 Å². The second-order valence-corrected chi connectivity index (χ2v) is 7.63. The molecular weight excluding hydrogens is 399 g/mol. The SMILES string of the molecule is CCc1cc2ncc(NC3CCN(c4ccc(C(=O)NC)nc4F)CC3)cc2[nH]c1=O. The van der Waals surface area contributed by atoms with Crippen LogP contribution in [-0.2, 0) is 6.42 Å². The monoisotopic (exact) mass is 424 g/mol. The molecule has 3 aromatic rings. The molecule has 0 unspecified atom stereocenters. The highest BCUT2D eigenvalue weighted by molar-refractivity contribution is 5.92. The van der Waals surface area contributed by atoms with Crippen LogP contribution in [0.15, 0.2) is 35.3 Å². The van der Waals surface area contributed by atoms with E-state index in [0.717, 1.165) is 29.6 Å². The van der Waals surface area contributed by atoms with Crippen molar-refractivity contribution >= 4 is 28.3 Å². The number of carbonyl (C=O) groups excluding carboxylic acids is 1. The summed E-state index contributed by atoms with van der Waals surface area (Å²) >= 11 is 0. The van der Waals surface area contributed by atoms with Gasteiger partial charge in [0.1, 0.15) is 5.69 Å². The van der Waals surface area contributed by atoms with Crippen LogP contribution in [0.3, 0.4) is 0 Å². The van der Waals surface area contributed by atoms with Crippen molar-refractivity contribution < 1.29 is 9.18 Å². The lowest BCUT2D eigenvalue weighted by molar-refractivity contribution is 0.0957. The van der Waals surface area contributed by atoms with E-state index in [2.05, 4.69) is 25.6 Å². The number of carbonyl (C=O) groups is 1. The lowest BCUT2D eigenvalue weighted by Crippen LogP contribution is -2.39. The number of H-pyrrole nitrogens is 1. The van der Waals surface area contributed by atoms with Crippen molar-refractivity contribution in [2.75, 3.05) is 30.4 Å². The van der Waals surface area contributed by atoms with E-state index >= 15 is 0 Å². The minimum absolute atomic E-state index is 0.0632. The average Bonchev–Trinajstić information content (AvgIpc) is 2.78. The first kappa shape index (κ1) is 20.8. The van der Waals surface area contributed by atoms with Crippen LogP contribution in [-0.4, -0.2) is 47.0 Å². The van der Waals surface area contributed by atoms with Crippen LogP contribution in [0.1, 0.15) is 35.8 Å². The fraction of sp³-hybridized carbons (Fsp3) is 0.364. The Morgan fingerprint density at radius 1 is 1.29 bits per heavy atom. The molecule has 1 amide bonds. The summed E-state index contributed by atoms with van der Waals surface area (Å²) < 4.78 is 14.4. The van der Waals surface area contributed by atoms with E-state index in [1.165, 1.54) is 13.1 Å². The molecule has 0 saturated carbocycles. The van der Waals surface area contributed by atoms with Crippen molar-refractivity contribution in [3.05, 3.63) is 58.0 Å². The number of halogens is 1. The quantitative estimate of drug-likeness (QED) is 0.544. The summed E-state index contributed by atoms with van der Waals surface area (Å²) in [7, 11) is 1.48. The Labute approximate surface area is 178 Å². The summed E-state index contributed by atoms with van der Waals surface area (Å²) in [6.07, 6.45) is 4.05. The summed E-state index contributed by atoms with van der Waals surface area (Å²) in [5.74, 6) is -1.05. The number of hydrogen-bond donors (Lipinski definition) is 3. The first-order valence-electron chi connectivity index (χ1n) is 10.4. The van der Waals surface area contributed by atoms with Crippen LogP contribution in [0, 0.1) is 5.95 Å². The number of aryl methyl sites for hydroxylation is 1. The summed E-state index contributed by atoms with van der Waals surface area (Å²) in [5.41, 5.74) is 3.41. The molecule has 0 radical (unpaired) electrons. The maximum absolute atomic E-state index is 14.4. The number of rotatable bonds is 5. The number of fused-ring (bicyclic) bond motifs is 1. The van der Waals surface area contributed by atoms with Gasteiger partial charge in [0.15, 0.2) is 0 Å². The zero-order valence-corrected chi connectivity index (χ0v) is 17.5. The summed E-state index contributed by atoms with van der Waals surface area (Å²) in [5, 5.41) is 5.91. The van der Waals surface area contributed by atoms with E-state index in [9.17, 15) is 14.0 Å². The minimum Gasteiger partial charge on any atom is -0.381 e. The van der Waals surface area contributed by atoms with Gasteiger partial charge in [-0.25, -0.2) is 4.98 Å². The number of piperidine rings is 1. The third-order valence-corrected chi connectivity index (χ3v) is 5.65. The lowest BCUT2D eigenvalue weighted by Gasteiger charge is -2.34. The maximum Gasteiger partial charge on any atom is 0.269 e. The Bertz CT molecular complexity index is 1170. The fourth-order valence-electron chi connectivity index (χ4n) is 3.88. The molecule has 1 aliphatic rings. The van der Waals surface area contributed by atoms with Crippen LogP contribution in [0.2, 0.25) is 0 Å². The molecule has 0 aromatic carbocycles. The Balaban J connectivity index is 1.41. The van der Waals surface area contributed by atoms with Gasteiger partial charge in [0.25, 0.3) is 11.5 Å². The fourth-order valence-corrected chi connectivity index (χ4v) is 3.88. The summed E-state index contributed by atoms with van der Waals surface area (Å²) in [4.78, 5) is 36.8. The predicted molar refractivity (Wildman–Crippen MR) is 118 cm³/mol. The number of hydrogen-bond acceptors (Lipinski definition) is 6. The molecule has 0 spiro atoms. The smallest absolute Gasteiger partial charge is 0.269 e. The van der Waals surface area contributed by atoms with Gasteiger partial charge in [0.2, 0.25) is 5.95 Å². The van der Waals surface area contributed by atoms with Crippen LogP contribution in [0.5, 0.6) is 0 Å². The largest absolute Gasteiger partial charge is 0.381 e. The number of anilines is 2. The van der Waals surface area contributed by atoms with Gasteiger partial charge in [-0.3, -0.25) is 14.6 Å². The van der Waals surface area contributed by atoms with Gasteiger partial charge in [-0.1, -0.05) is 6.92 Å². The third-order valence-electron chi connectivity index (χ3n) is 5.65. The van der Waals surface area contributed by atoms with Gasteiger partial charge in [0.05, 0.1) is 28.6 Å². The van der Waals surface area contributed by atoms with E-state index in [4.69, 9.17) is 0 Å². The predicted octanol–water partition coefficient (Wildman–Crippen LogP) is 2.46. The molecule has 0 bridgehead atoms. The van der Waals surface area contributed by atoms with Gasteiger partial charge in [0, 0.05) is 31.7 Å². The zero-order valence-electron chi connectivity index (χ0n) is 17.5. The highest BCUT2D eigenvalue weighted by Gasteiger charge is 2.23. The Morgan fingerprint density at radius 2 is 2.06 bits per heavy atom. The third kappa shape index (κ3) is 4.35. The Kier molecular flexibility index (Phi) is 5.83. The molecule has 4 heterocycles. The number of pyridine rings is 3. The topological polar surface area (TPSA) is 103 Å². The first-order chi connectivity index (χ1) is 15.0. The Morgan fingerprint density at radius 3 is 2.74 bits per heavy atom. The van der Waals surface area contributed by atoms with E-state index in [0.29, 0.717) is 30.7 Å². The van der Waals surface area contributed by atoms with Crippen molar-refractivity contribution in [3.63, 3.8) is 0 Å². The van der Waals surface area contributed by atoms with Gasteiger partial charge >= 0.3 is 0 Å². The average molecular weight is 424 g/mol. The van der Waals surface area contributed by atoms with Gasteiger partial charge < -0.3 is 20.5 Å². The Hall–Kier alpha value is -3.49. The normalized spacial score (nSPS) is 14.6. The maximum atomic E-state index is 14.4. The number of aromatic nitrogens is 3. The number of amides is 1. The first-order valence-corrected chi connectivity index (χ1v) is 10.4. The number of nitrogens with one attached hydrogen (secondary N) is 3. The molecular formula is C22H25FN6O2. The van der Waals surface area contributed by atoms with Crippen molar-refractivity contribution in [2.24, 2.45) is 0 Å². The molecule has 31 heavy (non-hydrogen) atoms. The molecule has 1 saturated heterocycles. The van der Waals surface area contributed by atoms with E-state index in [-0.39, 0.29) is 17.3 Å². The molecule has 0 atom stereocenters. The minimum atomic E-state index is -0.637. The van der Waals surface area contributed by atoms with E-state index < -0.39 is 11.9 Å². The highest BCUT2D eigenvalue weighted by Crippen LogP contribution is 2.24. The summed E-state index contributed by atoms with van der Waals surface area (Å²) in [6, 6.07) is 7.07. The summed E-state index contributed by atoms with van der Waals surface area (Å²) in [6.45, 7) is 3.26. The van der Waals surface area contributed by atoms with Gasteiger partial charge in [-0.2, -0.15) is 4.39 Å². The lowest BCUT2D eigenvalue weighted by atomic mass is 10.0. The molecule has 3 N–H and O–H groups in total. The van der Waals surface area contributed by atoms with Crippen molar-refractivity contribution in [1.29, 1.82) is 0 Å². The second-order valence-electron chi connectivity index (χ2n) is 7.63. The second kappa shape index (κ2) is 8.71. The van der Waals surface area contributed by atoms with Crippen molar-refractivity contribution in [1.82, 2.24) is 20.3 Å². The van der Waals surface area contributed by atoms with Crippen molar-refractivity contribution in [2.45, 2.75) is 32.2 Å². The van der Waals surface area contributed by atoms with E-state index in [1.807, 2.05) is 24.0 Å². The van der Waals surface area contributed by atoms with Crippen LogP contribution in [0.4, 0.5) is 15.8 Å². The molecule has 1 aliphatic heterocycles. The molecule has 8 nitrogen and oxygen atoms in total. The molecule has 4 rings (SSSR count). The van der Waals surface area contributed by atoms with Crippen LogP contribution in [0.25, 0.3) is 11.0 Å². The molecule has 1 fully saturated rings. The van der Waals surface area contributed by atoms with Gasteiger partial charge in [-0.05, 0) is 43.5 Å². The molecule has 9 heteroatoms. The van der Waals surface area contributed by atoms with Crippen LogP contribution >= 0.6 is 0 Å². The standard InChI is InChI=1S/C22H25FN6O2/c1-3-13-10-17-18(28-21(13)30)11-15(12-25-17)26-14-6-8-29(9-7-14)19-5-4-16(22(31)24-2)27-20(19)23/h4-5,10-12,14,26H,3,6-9H2,1-2H3,(H,24,31)(H,28,30). The number of nitrogens with zero attached hydrogens (tertiary/aromatic N) is 3. The van der Waals surface area contributed by atoms with Crippen molar-refractivity contribution in [3.8, 4) is 0 Å². The van der Waals surface area contributed by atoms with Crippen LogP contribution < -0.4 is 21.1 Å². The molecule has 0 aliphatic carbocycles. The molecule has 3 aromatic heterocycles. The van der Waals surface area contributed by atoms with E-state index in [1.54, 1.807) is 12.3 Å². The zero-order chi connectivity index (χ0) is 22.0. The number of aromatic amines is 1.